The fraction of sp³-hybridized carbons (Fsp3) is 0.727. The number of carbonyl (C=O) groups is 3. The molecule has 7 nitrogen and oxygen atoms in total. The lowest BCUT2D eigenvalue weighted by Crippen LogP contribution is -2.48. The Morgan fingerprint density at radius 1 is 1.22 bits per heavy atom. The Morgan fingerprint density at radius 3 is 2.22 bits per heavy atom. The molecule has 0 saturated heterocycles. The zero-order chi connectivity index (χ0) is 14.1. The molecule has 0 unspecified atom stereocenters. The van der Waals surface area contributed by atoms with Gasteiger partial charge in [-0.15, -0.1) is 0 Å². The smallest absolute Gasteiger partial charge is 0.326 e. The molecule has 0 aliphatic heterocycles. The fourth-order valence-corrected chi connectivity index (χ4v) is 1.44. The lowest BCUT2D eigenvalue weighted by molar-refractivity contribution is -0.140. The number of amides is 2. The van der Waals surface area contributed by atoms with Crippen molar-refractivity contribution in [1.82, 2.24) is 10.2 Å². The molecule has 0 fully saturated rings. The number of carboxylic acids is 2. The van der Waals surface area contributed by atoms with Gasteiger partial charge in [0.2, 0.25) is 0 Å². The number of hydrogen-bond donors (Lipinski definition) is 3. The second-order valence-corrected chi connectivity index (χ2v) is 3.85. The third kappa shape index (κ3) is 6.07. The van der Waals surface area contributed by atoms with Gasteiger partial charge in [-0.1, -0.05) is 6.92 Å². The summed E-state index contributed by atoms with van der Waals surface area (Å²) in [5.74, 6) is -2.31. The molecule has 18 heavy (non-hydrogen) atoms. The zero-order valence-electron chi connectivity index (χ0n) is 10.7. The van der Waals surface area contributed by atoms with Gasteiger partial charge in [-0.2, -0.15) is 0 Å². The van der Waals surface area contributed by atoms with Gasteiger partial charge < -0.3 is 20.4 Å². The Balaban J connectivity index is 4.42. The van der Waals surface area contributed by atoms with E-state index in [1.165, 1.54) is 4.90 Å². The Morgan fingerprint density at radius 2 is 1.83 bits per heavy atom. The summed E-state index contributed by atoms with van der Waals surface area (Å²) in [6.45, 7) is 4.72. The molecule has 0 bridgehead atoms. The Labute approximate surface area is 106 Å². The maximum Gasteiger partial charge on any atom is 0.326 e. The van der Waals surface area contributed by atoms with Crippen LogP contribution in [0.4, 0.5) is 4.79 Å². The minimum absolute atomic E-state index is 0.125. The summed E-state index contributed by atoms with van der Waals surface area (Å²) in [6, 6.07) is -1.64. The van der Waals surface area contributed by atoms with E-state index in [0.29, 0.717) is 13.1 Å². The van der Waals surface area contributed by atoms with Crippen LogP contribution in [0.3, 0.4) is 0 Å². The lowest BCUT2D eigenvalue weighted by atomic mass is 10.1. The number of carboxylic acid groups (broad SMARTS) is 2. The Bertz CT molecular complexity index is 306. The maximum atomic E-state index is 11.7. The van der Waals surface area contributed by atoms with Crippen molar-refractivity contribution in [3.05, 3.63) is 0 Å². The molecule has 104 valence electrons. The average molecular weight is 260 g/mol. The first-order chi connectivity index (χ1) is 8.42. The third-order valence-electron chi connectivity index (χ3n) is 2.41. The summed E-state index contributed by atoms with van der Waals surface area (Å²) in [6.07, 6.45) is 0.353. The van der Waals surface area contributed by atoms with E-state index in [9.17, 15) is 14.4 Å². The van der Waals surface area contributed by atoms with Gasteiger partial charge >= 0.3 is 18.0 Å². The van der Waals surface area contributed by atoms with Gasteiger partial charge in [0.25, 0.3) is 0 Å². The quantitative estimate of drug-likeness (QED) is 0.597. The first-order valence-electron chi connectivity index (χ1n) is 5.92. The molecule has 0 aromatic rings. The summed E-state index contributed by atoms with van der Waals surface area (Å²) >= 11 is 0. The number of rotatable bonds is 8. The van der Waals surface area contributed by atoms with Gasteiger partial charge in [0.15, 0.2) is 0 Å². The summed E-state index contributed by atoms with van der Waals surface area (Å²) in [7, 11) is 0. The molecule has 7 heteroatoms. The van der Waals surface area contributed by atoms with Crippen LogP contribution >= 0.6 is 0 Å². The minimum atomic E-state index is -1.22. The SMILES string of the molecule is CCCN(CC)C(=O)N[C@@H](CCC(=O)O)C(=O)O. The van der Waals surface area contributed by atoms with Gasteiger partial charge in [0.1, 0.15) is 6.04 Å². The molecule has 0 spiro atoms. The molecule has 0 rings (SSSR count). The van der Waals surface area contributed by atoms with Crippen LogP contribution < -0.4 is 5.32 Å². The molecule has 0 heterocycles. The molecule has 0 aliphatic carbocycles. The van der Waals surface area contributed by atoms with Gasteiger partial charge in [-0.05, 0) is 19.8 Å². The van der Waals surface area contributed by atoms with Crippen LogP contribution in [0.5, 0.6) is 0 Å². The van der Waals surface area contributed by atoms with Gasteiger partial charge in [0.05, 0.1) is 0 Å². The summed E-state index contributed by atoms with van der Waals surface area (Å²) in [5, 5.41) is 19.7. The number of carbonyl (C=O) groups excluding carboxylic acids is 1. The second kappa shape index (κ2) is 8.32. The average Bonchev–Trinajstić information content (AvgIpc) is 2.30. The number of aliphatic carboxylic acids is 2. The Kier molecular flexibility index (Phi) is 7.50. The molecular weight excluding hydrogens is 240 g/mol. The lowest BCUT2D eigenvalue weighted by Gasteiger charge is -2.23. The van der Waals surface area contributed by atoms with Crippen molar-refractivity contribution in [3.8, 4) is 0 Å². The molecule has 1 atom stereocenters. The van der Waals surface area contributed by atoms with Crippen LogP contribution in [0.25, 0.3) is 0 Å². The molecule has 0 aromatic heterocycles. The predicted octanol–water partition coefficient (Wildman–Crippen LogP) is 0.746. The van der Waals surface area contributed by atoms with Crippen LogP contribution in [0.2, 0.25) is 0 Å². The number of urea groups is 1. The summed E-state index contributed by atoms with van der Waals surface area (Å²) < 4.78 is 0. The molecule has 0 aliphatic rings. The van der Waals surface area contributed by atoms with E-state index in [1.807, 2.05) is 6.92 Å². The monoisotopic (exact) mass is 260 g/mol. The van der Waals surface area contributed by atoms with Gasteiger partial charge in [-0.3, -0.25) is 4.79 Å². The number of nitrogens with one attached hydrogen (secondary N) is 1. The molecule has 0 saturated carbocycles. The van der Waals surface area contributed by atoms with E-state index in [4.69, 9.17) is 10.2 Å². The van der Waals surface area contributed by atoms with Crippen molar-refractivity contribution in [2.24, 2.45) is 0 Å². The largest absolute Gasteiger partial charge is 0.481 e. The van der Waals surface area contributed by atoms with Crippen molar-refractivity contribution in [2.75, 3.05) is 13.1 Å². The zero-order valence-corrected chi connectivity index (χ0v) is 10.7. The minimum Gasteiger partial charge on any atom is -0.481 e. The predicted molar refractivity (Wildman–Crippen MR) is 64.4 cm³/mol. The maximum absolute atomic E-state index is 11.7. The van der Waals surface area contributed by atoms with E-state index < -0.39 is 24.0 Å². The molecule has 2 amide bonds. The van der Waals surface area contributed by atoms with E-state index in [2.05, 4.69) is 5.32 Å². The van der Waals surface area contributed by atoms with Gasteiger partial charge in [0, 0.05) is 19.5 Å². The van der Waals surface area contributed by atoms with E-state index in [-0.39, 0.29) is 12.8 Å². The van der Waals surface area contributed by atoms with Crippen molar-refractivity contribution in [3.63, 3.8) is 0 Å². The highest BCUT2D eigenvalue weighted by molar-refractivity contribution is 5.83. The van der Waals surface area contributed by atoms with E-state index >= 15 is 0 Å². The second-order valence-electron chi connectivity index (χ2n) is 3.85. The third-order valence-corrected chi connectivity index (χ3v) is 2.41. The van der Waals surface area contributed by atoms with Crippen LogP contribution in [0.1, 0.15) is 33.1 Å². The van der Waals surface area contributed by atoms with Crippen molar-refractivity contribution < 1.29 is 24.6 Å². The summed E-state index contributed by atoms with van der Waals surface area (Å²) in [5.41, 5.74) is 0. The molecular formula is C11H20N2O5. The van der Waals surface area contributed by atoms with Crippen LogP contribution in [0.15, 0.2) is 0 Å². The van der Waals surface area contributed by atoms with Gasteiger partial charge in [-0.25, -0.2) is 9.59 Å². The first-order valence-corrected chi connectivity index (χ1v) is 5.92. The topological polar surface area (TPSA) is 107 Å². The number of nitrogens with zero attached hydrogens (tertiary/aromatic N) is 1. The highest BCUT2D eigenvalue weighted by Crippen LogP contribution is 2.00. The highest BCUT2D eigenvalue weighted by atomic mass is 16.4. The first kappa shape index (κ1) is 16.2. The van der Waals surface area contributed by atoms with Crippen molar-refractivity contribution >= 4 is 18.0 Å². The van der Waals surface area contributed by atoms with E-state index in [1.54, 1.807) is 6.92 Å². The standard InChI is InChI=1S/C11H20N2O5/c1-3-7-13(4-2)11(18)12-8(10(16)17)5-6-9(14)15/h8H,3-7H2,1-2H3,(H,12,18)(H,14,15)(H,16,17)/t8-/m0/s1. The normalized spacial score (nSPS) is 11.7. The highest BCUT2D eigenvalue weighted by Gasteiger charge is 2.22. The van der Waals surface area contributed by atoms with Crippen LogP contribution in [0, 0.1) is 0 Å². The van der Waals surface area contributed by atoms with E-state index in [0.717, 1.165) is 6.42 Å². The van der Waals surface area contributed by atoms with Crippen molar-refractivity contribution in [2.45, 2.75) is 39.2 Å². The fourth-order valence-electron chi connectivity index (χ4n) is 1.44. The molecule has 0 radical (unpaired) electrons. The number of hydrogen-bond acceptors (Lipinski definition) is 3. The molecule has 3 N–H and O–H groups in total. The molecule has 0 aromatic carbocycles. The Hall–Kier alpha value is -1.79. The van der Waals surface area contributed by atoms with Crippen molar-refractivity contribution in [1.29, 1.82) is 0 Å². The van der Waals surface area contributed by atoms with Crippen LogP contribution in [-0.2, 0) is 9.59 Å². The summed E-state index contributed by atoms with van der Waals surface area (Å²) in [4.78, 5) is 34.5. The van der Waals surface area contributed by atoms with Crippen LogP contribution in [-0.4, -0.2) is 52.2 Å².